The Hall–Kier alpha value is -2.51. The fraction of sp³-hybridized carbons (Fsp3) is 0.278. The van der Waals surface area contributed by atoms with Crippen LogP contribution in [0.5, 0.6) is 0 Å². The van der Waals surface area contributed by atoms with Gasteiger partial charge in [-0.1, -0.05) is 18.2 Å². The van der Waals surface area contributed by atoms with Gasteiger partial charge in [0.05, 0.1) is 17.7 Å². The number of benzene rings is 1. The Balaban J connectivity index is 1.56. The van der Waals surface area contributed by atoms with Gasteiger partial charge in [-0.2, -0.15) is 0 Å². The minimum atomic E-state index is -0.742. The molecule has 1 aromatic carbocycles. The Kier molecular flexibility index (Phi) is 4.96. The Morgan fingerprint density at radius 3 is 2.36 bits per heavy atom. The highest BCUT2D eigenvalue weighted by Gasteiger charge is 2.35. The monoisotopic (exact) mass is 358 g/mol. The number of hydrogen-bond acceptors (Lipinski definition) is 5. The first-order valence-electron chi connectivity index (χ1n) is 7.89. The Morgan fingerprint density at radius 2 is 1.80 bits per heavy atom. The molecule has 1 atom stereocenters. The molecule has 1 N–H and O–H groups in total. The number of fused-ring (bicyclic) bond motifs is 1. The lowest BCUT2D eigenvalue weighted by Gasteiger charge is -2.21. The molecule has 2 aromatic rings. The number of aliphatic hydroxyl groups is 1. The van der Waals surface area contributed by atoms with Crippen LogP contribution in [0.25, 0.3) is 0 Å². The number of rotatable bonds is 6. The topological polar surface area (TPSA) is 77.9 Å². The van der Waals surface area contributed by atoms with Gasteiger partial charge in [0.2, 0.25) is 5.91 Å². The summed E-state index contributed by atoms with van der Waals surface area (Å²) in [7, 11) is 1.60. The third kappa shape index (κ3) is 3.47. The van der Waals surface area contributed by atoms with Gasteiger partial charge in [0, 0.05) is 24.9 Å². The minimum absolute atomic E-state index is 0.0269. The van der Waals surface area contributed by atoms with Crippen molar-refractivity contribution in [1.29, 1.82) is 0 Å². The molecule has 0 saturated carbocycles. The van der Waals surface area contributed by atoms with E-state index in [4.69, 9.17) is 0 Å². The molecular weight excluding hydrogens is 340 g/mol. The van der Waals surface area contributed by atoms with Crippen LogP contribution in [0.2, 0.25) is 0 Å². The second-order valence-corrected chi connectivity index (χ2v) is 6.84. The smallest absolute Gasteiger partial charge is 0.261 e. The highest BCUT2D eigenvalue weighted by Crippen LogP contribution is 2.23. The van der Waals surface area contributed by atoms with E-state index in [1.807, 2.05) is 17.5 Å². The summed E-state index contributed by atoms with van der Waals surface area (Å²) in [5.74, 6) is -0.962. The molecule has 2 heterocycles. The van der Waals surface area contributed by atoms with E-state index in [0.717, 1.165) is 9.78 Å². The van der Waals surface area contributed by atoms with E-state index < -0.39 is 6.10 Å². The van der Waals surface area contributed by atoms with E-state index in [0.29, 0.717) is 11.1 Å². The molecular formula is C18H18N2O4S. The maximum atomic E-state index is 12.3. The molecule has 0 fully saturated rings. The van der Waals surface area contributed by atoms with Gasteiger partial charge in [0.1, 0.15) is 6.10 Å². The minimum Gasteiger partial charge on any atom is -0.386 e. The predicted octanol–water partition coefficient (Wildman–Crippen LogP) is 1.93. The lowest BCUT2D eigenvalue weighted by molar-refractivity contribution is -0.131. The van der Waals surface area contributed by atoms with Crippen molar-refractivity contribution in [2.45, 2.75) is 12.5 Å². The molecule has 130 valence electrons. The summed E-state index contributed by atoms with van der Waals surface area (Å²) in [6.45, 7) is 0.200. The molecule has 0 radical (unpaired) electrons. The maximum Gasteiger partial charge on any atom is 0.261 e. The third-order valence-electron chi connectivity index (χ3n) is 4.17. The number of imide groups is 1. The summed E-state index contributed by atoms with van der Waals surface area (Å²) in [6, 6.07) is 10.3. The standard InChI is InChI=1S/C18H18N2O4S/c1-19(11-14(21)15-7-4-10-25-15)16(22)8-9-20-17(23)12-5-2-3-6-13(12)18(20)24/h2-7,10,14,21H,8-9,11H2,1H3. The van der Waals surface area contributed by atoms with E-state index in [2.05, 4.69) is 0 Å². The molecule has 7 heteroatoms. The average molecular weight is 358 g/mol. The van der Waals surface area contributed by atoms with Crippen molar-refractivity contribution in [2.24, 2.45) is 0 Å². The van der Waals surface area contributed by atoms with Crippen LogP contribution >= 0.6 is 11.3 Å². The van der Waals surface area contributed by atoms with Gasteiger partial charge in [-0.3, -0.25) is 19.3 Å². The van der Waals surface area contributed by atoms with Crippen LogP contribution in [0, 0.1) is 0 Å². The summed E-state index contributed by atoms with van der Waals surface area (Å²) < 4.78 is 0. The van der Waals surface area contributed by atoms with Gasteiger partial charge in [-0.25, -0.2) is 0 Å². The van der Waals surface area contributed by atoms with Crippen LogP contribution in [0.3, 0.4) is 0 Å². The lowest BCUT2D eigenvalue weighted by Crippen LogP contribution is -2.36. The summed E-state index contributed by atoms with van der Waals surface area (Å²) in [5, 5.41) is 12.0. The lowest BCUT2D eigenvalue weighted by atomic mass is 10.1. The fourth-order valence-electron chi connectivity index (χ4n) is 2.77. The van der Waals surface area contributed by atoms with Crippen LogP contribution in [-0.4, -0.2) is 52.8 Å². The van der Waals surface area contributed by atoms with Gasteiger partial charge >= 0.3 is 0 Å². The predicted molar refractivity (Wildman–Crippen MR) is 93.3 cm³/mol. The van der Waals surface area contributed by atoms with Gasteiger partial charge in [0.25, 0.3) is 11.8 Å². The van der Waals surface area contributed by atoms with Gasteiger partial charge in [0.15, 0.2) is 0 Å². The van der Waals surface area contributed by atoms with E-state index in [1.165, 1.54) is 16.2 Å². The van der Waals surface area contributed by atoms with Gasteiger partial charge in [-0.05, 0) is 23.6 Å². The molecule has 0 aliphatic carbocycles. The molecule has 3 rings (SSSR count). The number of carbonyl (C=O) groups excluding carboxylic acids is 3. The number of aliphatic hydroxyl groups excluding tert-OH is 1. The average Bonchev–Trinajstić information content (AvgIpc) is 3.22. The molecule has 0 saturated heterocycles. The first kappa shape index (κ1) is 17.3. The van der Waals surface area contributed by atoms with Crippen molar-refractivity contribution in [3.05, 3.63) is 57.8 Å². The quantitative estimate of drug-likeness (QED) is 0.801. The van der Waals surface area contributed by atoms with Crippen LogP contribution in [-0.2, 0) is 4.79 Å². The summed E-state index contributed by atoms with van der Waals surface area (Å²) >= 11 is 1.43. The molecule has 1 unspecified atom stereocenters. The van der Waals surface area contributed by atoms with E-state index in [-0.39, 0.29) is 37.2 Å². The largest absolute Gasteiger partial charge is 0.386 e. The number of hydrogen-bond donors (Lipinski definition) is 1. The number of carbonyl (C=O) groups is 3. The summed E-state index contributed by atoms with van der Waals surface area (Å²) in [5.41, 5.74) is 0.753. The number of thiophene rings is 1. The van der Waals surface area contributed by atoms with E-state index >= 15 is 0 Å². The molecule has 3 amide bonds. The number of amides is 3. The molecule has 25 heavy (non-hydrogen) atoms. The molecule has 1 aliphatic rings. The molecule has 1 aliphatic heterocycles. The highest BCUT2D eigenvalue weighted by molar-refractivity contribution is 7.10. The molecule has 0 spiro atoms. The molecule has 0 bridgehead atoms. The number of likely N-dealkylation sites (N-methyl/N-ethyl adjacent to an activating group) is 1. The van der Waals surface area contributed by atoms with Crippen LogP contribution < -0.4 is 0 Å². The van der Waals surface area contributed by atoms with Crippen molar-refractivity contribution >= 4 is 29.1 Å². The SMILES string of the molecule is CN(CC(O)c1cccs1)C(=O)CCN1C(=O)c2ccccc2C1=O. The van der Waals surface area contributed by atoms with E-state index in [9.17, 15) is 19.5 Å². The zero-order valence-corrected chi connectivity index (χ0v) is 14.5. The maximum absolute atomic E-state index is 12.3. The summed E-state index contributed by atoms with van der Waals surface area (Å²) in [6.07, 6.45) is -0.715. The third-order valence-corrected chi connectivity index (χ3v) is 5.15. The normalized spacial score (nSPS) is 14.6. The Labute approximate surface area is 149 Å². The van der Waals surface area contributed by atoms with Crippen molar-refractivity contribution < 1.29 is 19.5 Å². The van der Waals surface area contributed by atoms with Crippen molar-refractivity contribution in [1.82, 2.24) is 9.80 Å². The van der Waals surface area contributed by atoms with Crippen LogP contribution in [0.15, 0.2) is 41.8 Å². The van der Waals surface area contributed by atoms with Crippen molar-refractivity contribution in [2.75, 3.05) is 20.1 Å². The second-order valence-electron chi connectivity index (χ2n) is 5.86. The van der Waals surface area contributed by atoms with Gasteiger partial charge < -0.3 is 10.0 Å². The first-order valence-corrected chi connectivity index (χ1v) is 8.77. The molecule has 6 nitrogen and oxygen atoms in total. The zero-order chi connectivity index (χ0) is 18.0. The fourth-order valence-corrected chi connectivity index (χ4v) is 3.48. The Bertz CT molecular complexity index is 768. The summed E-state index contributed by atoms with van der Waals surface area (Å²) in [4.78, 5) is 40.1. The highest BCUT2D eigenvalue weighted by atomic mass is 32.1. The number of nitrogens with zero attached hydrogens (tertiary/aromatic N) is 2. The van der Waals surface area contributed by atoms with Gasteiger partial charge in [-0.15, -0.1) is 11.3 Å². The zero-order valence-electron chi connectivity index (χ0n) is 13.7. The Morgan fingerprint density at radius 1 is 1.16 bits per heavy atom. The van der Waals surface area contributed by atoms with Crippen LogP contribution in [0.1, 0.15) is 38.1 Å². The van der Waals surface area contributed by atoms with Crippen molar-refractivity contribution in [3.8, 4) is 0 Å². The van der Waals surface area contributed by atoms with Crippen molar-refractivity contribution in [3.63, 3.8) is 0 Å². The van der Waals surface area contributed by atoms with E-state index in [1.54, 1.807) is 31.3 Å². The second kappa shape index (κ2) is 7.16. The molecule has 1 aromatic heterocycles. The van der Waals surface area contributed by atoms with Crippen LogP contribution in [0.4, 0.5) is 0 Å². The first-order chi connectivity index (χ1) is 12.0.